The number of amides is 3. The predicted molar refractivity (Wildman–Crippen MR) is 85.3 cm³/mol. The van der Waals surface area contributed by atoms with Crippen LogP contribution >= 0.6 is 0 Å². The number of carbonyl (C=O) groups excluding carboxylic acids is 2. The second kappa shape index (κ2) is 4.79. The number of urea groups is 1. The van der Waals surface area contributed by atoms with Gasteiger partial charge in [-0.05, 0) is 49.4 Å². The number of likely N-dealkylation sites (N-methyl/N-ethyl adjacent to an activating group) is 1. The second-order valence-electron chi connectivity index (χ2n) is 6.44. The first kappa shape index (κ1) is 14.2. The van der Waals surface area contributed by atoms with Crippen molar-refractivity contribution < 1.29 is 9.59 Å². The normalized spacial score (nSPS) is 20.0. The lowest BCUT2D eigenvalue weighted by molar-refractivity contribution is -0.123. The molecule has 0 radical (unpaired) electrons. The molecule has 0 aromatic carbocycles. The Kier molecular flexibility index (Phi) is 2.96. The molecule has 3 heterocycles. The number of nitrogens with two attached hydrogens (primary N) is 1. The minimum absolute atomic E-state index is 0.0475. The third kappa shape index (κ3) is 2.19. The van der Waals surface area contributed by atoms with E-state index in [-0.39, 0.29) is 24.5 Å². The molecule has 120 valence electrons. The van der Waals surface area contributed by atoms with Gasteiger partial charge in [-0.25, -0.2) is 9.31 Å². The fourth-order valence-electron chi connectivity index (χ4n) is 2.97. The van der Waals surface area contributed by atoms with Crippen molar-refractivity contribution in [3.05, 3.63) is 29.5 Å². The quantitative estimate of drug-likeness (QED) is 0.873. The standard InChI is InChI=1S/C16H19N5O2/c1-9(17)13-7-12-5-11(10-3-4-10)6-14(21(12)18-13)20-8-15(22)19(2)16(20)23/h5-7,9-10H,3-4,8,17H2,1-2H3. The van der Waals surface area contributed by atoms with Crippen LogP contribution in [0.25, 0.3) is 5.52 Å². The molecule has 2 aromatic rings. The number of hydrogen-bond acceptors (Lipinski definition) is 4. The van der Waals surface area contributed by atoms with Crippen LogP contribution in [-0.4, -0.2) is 40.0 Å². The van der Waals surface area contributed by atoms with Crippen LogP contribution in [0.1, 0.15) is 43.0 Å². The van der Waals surface area contributed by atoms with Crippen molar-refractivity contribution in [3.63, 3.8) is 0 Å². The molecule has 7 nitrogen and oxygen atoms in total. The molecule has 1 aliphatic carbocycles. The van der Waals surface area contributed by atoms with Crippen molar-refractivity contribution in [1.29, 1.82) is 0 Å². The lowest BCUT2D eigenvalue weighted by atomic mass is 10.1. The van der Waals surface area contributed by atoms with Gasteiger partial charge in [0.1, 0.15) is 12.4 Å². The molecule has 2 N–H and O–H groups in total. The van der Waals surface area contributed by atoms with E-state index in [1.807, 2.05) is 19.1 Å². The maximum Gasteiger partial charge on any atom is 0.332 e. The van der Waals surface area contributed by atoms with Crippen LogP contribution < -0.4 is 10.6 Å². The number of aromatic nitrogens is 2. The first-order chi connectivity index (χ1) is 11.0. The topological polar surface area (TPSA) is 83.9 Å². The Hall–Kier alpha value is -2.41. The highest BCUT2D eigenvalue weighted by molar-refractivity contribution is 6.11. The van der Waals surface area contributed by atoms with Gasteiger partial charge in [0.05, 0.1) is 11.2 Å². The summed E-state index contributed by atoms with van der Waals surface area (Å²) < 4.78 is 1.72. The summed E-state index contributed by atoms with van der Waals surface area (Å²) >= 11 is 0. The Labute approximate surface area is 133 Å². The molecule has 23 heavy (non-hydrogen) atoms. The second-order valence-corrected chi connectivity index (χ2v) is 6.44. The highest BCUT2D eigenvalue weighted by Crippen LogP contribution is 2.42. The van der Waals surface area contributed by atoms with Gasteiger partial charge in [-0.1, -0.05) is 0 Å². The van der Waals surface area contributed by atoms with Crippen LogP contribution in [0.5, 0.6) is 0 Å². The van der Waals surface area contributed by atoms with E-state index in [1.165, 1.54) is 17.5 Å². The number of rotatable bonds is 3. The molecule has 1 saturated carbocycles. The first-order valence-electron chi connectivity index (χ1n) is 7.83. The summed E-state index contributed by atoms with van der Waals surface area (Å²) in [7, 11) is 1.50. The van der Waals surface area contributed by atoms with Gasteiger partial charge >= 0.3 is 6.03 Å². The van der Waals surface area contributed by atoms with Gasteiger partial charge in [-0.15, -0.1) is 0 Å². The number of hydrogen-bond donors (Lipinski definition) is 1. The van der Waals surface area contributed by atoms with Crippen molar-refractivity contribution in [3.8, 4) is 0 Å². The van der Waals surface area contributed by atoms with Crippen molar-refractivity contribution in [1.82, 2.24) is 14.5 Å². The van der Waals surface area contributed by atoms with Crippen LogP contribution in [0.2, 0.25) is 0 Å². The zero-order chi connectivity index (χ0) is 16.3. The molecule has 1 unspecified atom stereocenters. The largest absolute Gasteiger partial charge is 0.332 e. The Morgan fingerprint density at radius 2 is 2.00 bits per heavy atom. The van der Waals surface area contributed by atoms with Crippen molar-refractivity contribution in [2.45, 2.75) is 31.7 Å². The lowest BCUT2D eigenvalue weighted by Crippen LogP contribution is -2.31. The highest BCUT2D eigenvalue weighted by Gasteiger charge is 2.36. The van der Waals surface area contributed by atoms with Crippen molar-refractivity contribution >= 4 is 23.3 Å². The number of nitrogens with zero attached hydrogens (tertiary/aromatic N) is 4. The average molecular weight is 313 g/mol. The van der Waals surface area contributed by atoms with Crippen LogP contribution in [0, 0.1) is 0 Å². The van der Waals surface area contributed by atoms with E-state index in [2.05, 4.69) is 11.2 Å². The van der Waals surface area contributed by atoms with E-state index >= 15 is 0 Å². The first-order valence-corrected chi connectivity index (χ1v) is 7.83. The van der Waals surface area contributed by atoms with E-state index in [9.17, 15) is 9.59 Å². The Bertz CT molecular complexity index is 821. The van der Waals surface area contributed by atoms with Gasteiger partial charge in [-0.3, -0.25) is 14.6 Å². The van der Waals surface area contributed by atoms with E-state index in [4.69, 9.17) is 5.73 Å². The summed E-state index contributed by atoms with van der Waals surface area (Å²) in [6, 6.07) is 5.53. The Balaban J connectivity index is 1.89. The molecule has 1 atom stereocenters. The Morgan fingerprint density at radius 1 is 1.26 bits per heavy atom. The molecule has 0 bridgehead atoms. The number of anilines is 1. The predicted octanol–water partition coefficient (Wildman–Crippen LogP) is 1.63. The summed E-state index contributed by atoms with van der Waals surface area (Å²) in [5, 5.41) is 4.53. The van der Waals surface area contributed by atoms with Crippen LogP contribution in [-0.2, 0) is 4.79 Å². The third-order valence-corrected chi connectivity index (χ3v) is 4.56. The molecule has 3 amide bonds. The summed E-state index contributed by atoms with van der Waals surface area (Å²) in [6.45, 7) is 1.92. The molecule has 1 saturated heterocycles. The monoisotopic (exact) mass is 313 g/mol. The van der Waals surface area contributed by atoms with E-state index in [0.717, 1.165) is 29.0 Å². The molecule has 2 fully saturated rings. The summed E-state index contributed by atoms with van der Waals surface area (Å²) in [5.74, 6) is 0.970. The zero-order valence-corrected chi connectivity index (χ0v) is 13.2. The molecule has 4 rings (SSSR count). The van der Waals surface area contributed by atoms with Gasteiger partial charge in [0.25, 0.3) is 5.91 Å². The third-order valence-electron chi connectivity index (χ3n) is 4.56. The smallest absolute Gasteiger partial charge is 0.323 e. The fourth-order valence-corrected chi connectivity index (χ4v) is 2.97. The highest BCUT2D eigenvalue weighted by atomic mass is 16.2. The maximum atomic E-state index is 12.4. The number of pyridine rings is 1. The number of carbonyl (C=O) groups is 2. The zero-order valence-electron chi connectivity index (χ0n) is 13.2. The SMILES string of the molecule is CC(N)c1cc2cc(C3CC3)cc(N3CC(=O)N(C)C3=O)n2n1. The molecule has 1 aliphatic heterocycles. The van der Waals surface area contributed by atoms with Crippen LogP contribution in [0.4, 0.5) is 10.6 Å². The van der Waals surface area contributed by atoms with Gasteiger partial charge in [0.2, 0.25) is 0 Å². The van der Waals surface area contributed by atoms with E-state index in [0.29, 0.717) is 11.7 Å². The summed E-state index contributed by atoms with van der Waals surface area (Å²) in [6.07, 6.45) is 2.33. The van der Waals surface area contributed by atoms with E-state index in [1.54, 1.807) is 4.52 Å². The molecule has 7 heteroatoms. The molecular weight excluding hydrogens is 294 g/mol. The average Bonchev–Trinajstić information content (AvgIpc) is 3.23. The lowest BCUT2D eigenvalue weighted by Gasteiger charge is -2.17. The number of imide groups is 1. The summed E-state index contributed by atoms with van der Waals surface area (Å²) in [4.78, 5) is 26.9. The number of fused-ring (bicyclic) bond motifs is 1. The van der Waals surface area contributed by atoms with Gasteiger partial charge in [0.15, 0.2) is 0 Å². The van der Waals surface area contributed by atoms with Gasteiger partial charge < -0.3 is 5.73 Å². The molecule has 0 spiro atoms. The van der Waals surface area contributed by atoms with Crippen molar-refractivity contribution in [2.75, 3.05) is 18.5 Å². The molecule has 2 aliphatic rings. The van der Waals surface area contributed by atoms with E-state index < -0.39 is 0 Å². The summed E-state index contributed by atoms with van der Waals surface area (Å²) in [5.41, 5.74) is 8.81. The van der Waals surface area contributed by atoms with Crippen LogP contribution in [0.15, 0.2) is 18.2 Å². The van der Waals surface area contributed by atoms with Gasteiger partial charge in [0, 0.05) is 13.1 Å². The Morgan fingerprint density at radius 3 is 2.57 bits per heavy atom. The fraction of sp³-hybridized carbons (Fsp3) is 0.438. The molecular formula is C16H19N5O2. The minimum atomic E-state index is -0.318. The maximum absolute atomic E-state index is 12.4. The van der Waals surface area contributed by atoms with Crippen LogP contribution in [0.3, 0.4) is 0 Å². The van der Waals surface area contributed by atoms with Crippen molar-refractivity contribution in [2.24, 2.45) is 5.73 Å². The van der Waals surface area contributed by atoms with Gasteiger partial charge in [-0.2, -0.15) is 5.10 Å². The molecule has 2 aromatic heterocycles. The minimum Gasteiger partial charge on any atom is -0.323 e.